The summed E-state index contributed by atoms with van der Waals surface area (Å²) in [7, 11) is 3.47. The second-order valence-corrected chi connectivity index (χ2v) is 8.49. The van der Waals surface area contributed by atoms with Crippen LogP contribution in [0.4, 0.5) is 0 Å². The van der Waals surface area contributed by atoms with E-state index in [2.05, 4.69) is 15.5 Å². The number of nitrogens with one attached hydrogen (secondary N) is 2. The van der Waals surface area contributed by atoms with Gasteiger partial charge in [0.2, 0.25) is 0 Å². The molecule has 8 nitrogen and oxygen atoms in total. The predicted molar refractivity (Wildman–Crippen MR) is 136 cm³/mol. The smallest absolute Gasteiger partial charge is 0.267 e. The quantitative estimate of drug-likeness (QED) is 0.367. The number of aromatic nitrogens is 1. The molecule has 1 aromatic heterocycles. The van der Waals surface area contributed by atoms with E-state index in [-0.39, 0.29) is 11.6 Å². The van der Waals surface area contributed by atoms with Crippen LogP contribution in [0, 0.1) is 0 Å². The van der Waals surface area contributed by atoms with Gasteiger partial charge in [-0.1, -0.05) is 30.3 Å². The normalized spacial score (nSPS) is 14.6. The van der Waals surface area contributed by atoms with Crippen LogP contribution in [-0.2, 0) is 16.6 Å². The standard InChI is InChI=1S/C27H32N4O4/c1-30-19-20(21-8-3-5-10-24(21)30)18-23(29-26(32)22-9-4-6-11-25(22)34-2)27(33)28-12-7-13-31-14-16-35-17-15-31/h3-6,8-11,18-19H,7,12-17H2,1-2H3,(H,28,33)(H,29,32)/b23-18+. The van der Waals surface area contributed by atoms with E-state index < -0.39 is 5.91 Å². The van der Waals surface area contributed by atoms with Gasteiger partial charge < -0.3 is 24.7 Å². The number of para-hydroxylation sites is 2. The predicted octanol–water partition coefficient (Wildman–Crippen LogP) is 2.80. The van der Waals surface area contributed by atoms with E-state index in [4.69, 9.17) is 9.47 Å². The molecule has 2 aromatic carbocycles. The number of benzene rings is 2. The number of fused-ring (bicyclic) bond motifs is 1. The number of ether oxygens (including phenoxy) is 2. The molecule has 1 aliphatic rings. The summed E-state index contributed by atoms with van der Waals surface area (Å²) >= 11 is 0. The summed E-state index contributed by atoms with van der Waals surface area (Å²) in [5, 5.41) is 6.78. The van der Waals surface area contributed by atoms with Crippen molar-refractivity contribution in [2.24, 2.45) is 7.05 Å². The molecular formula is C27H32N4O4. The third-order valence-electron chi connectivity index (χ3n) is 6.11. The van der Waals surface area contributed by atoms with Crippen molar-refractivity contribution in [3.8, 4) is 5.75 Å². The van der Waals surface area contributed by atoms with Crippen molar-refractivity contribution in [1.82, 2.24) is 20.1 Å². The molecule has 8 heteroatoms. The Hall–Kier alpha value is -3.62. The molecule has 0 bridgehead atoms. The second kappa shape index (κ2) is 11.7. The summed E-state index contributed by atoms with van der Waals surface area (Å²) in [5.74, 6) is -0.291. The summed E-state index contributed by atoms with van der Waals surface area (Å²) in [6.45, 7) is 4.72. The maximum atomic E-state index is 13.2. The molecule has 0 atom stereocenters. The van der Waals surface area contributed by atoms with Crippen LogP contribution in [0.1, 0.15) is 22.3 Å². The topological polar surface area (TPSA) is 84.8 Å². The molecule has 1 fully saturated rings. The van der Waals surface area contributed by atoms with E-state index in [1.807, 2.05) is 42.1 Å². The SMILES string of the molecule is COc1ccccc1C(=O)N/C(=C/c1cn(C)c2ccccc12)C(=O)NCCCN1CCOCC1. The first-order valence-corrected chi connectivity index (χ1v) is 11.8. The minimum absolute atomic E-state index is 0.184. The molecule has 4 rings (SSSR count). The molecule has 0 unspecified atom stereocenters. The van der Waals surface area contributed by atoms with Gasteiger partial charge in [0.05, 0.1) is 25.9 Å². The lowest BCUT2D eigenvalue weighted by atomic mass is 10.1. The van der Waals surface area contributed by atoms with E-state index in [1.54, 1.807) is 30.3 Å². The lowest BCUT2D eigenvalue weighted by molar-refractivity contribution is -0.117. The maximum absolute atomic E-state index is 13.2. The Morgan fingerprint density at radius 3 is 2.63 bits per heavy atom. The van der Waals surface area contributed by atoms with Gasteiger partial charge in [-0.25, -0.2) is 0 Å². The van der Waals surface area contributed by atoms with Crippen LogP contribution >= 0.6 is 0 Å². The zero-order valence-electron chi connectivity index (χ0n) is 20.3. The fourth-order valence-corrected chi connectivity index (χ4v) is 4.25. The van der Waals surface area contributed by atoms with Crippen molar-refractivity contribution in [2.75, 3.05) is 46.5 Å². The summed E-state index contributed by atoms with van der Waals surface area (Å²) in [4.78, 5) is 28.6. The third kappa shape index (κ3) is 6.09. The summed E-state index contributed by atoms with van der Waals surface area (Å²) < 4.78 is 12.7. The van der Waals surface area contributed by atoms with E-state index >= 15 is 0 Å². The zero-order valence-corrected chi connectivity index (χ0v) is 20.3. The first kappa shape index (κ1) is 24.5. The van der Waals surface area contributed by atoms with Crippen molar-refractivity contribution in [2.45, 2.75) is 6.42 Å². The van der Waals surface area contributed by atoms with Crippen molar-refractivity contribution >= 4 is 28.8 Å². The van der Waals surface area contributed by atoms with Crippen molar-refractivity contribution in [3.63, 3.8) is 0 Å². The van der Waals surface area contributed by atoms with Crippen LogP contribution in [0.2, 0.25) is 0 Å². The maximum Gasteiger partial charge on any atom is 0.267 e. The first-order chi connectivity index (χ1) is 17.1. The average molecular weight is 477 g/mol. The van der Waals surface area contributed by atoms with Gasteiger partial charge in [0.25, 0.3) is 11.8 Å². The van der Waals surface area contributed by atoms with Gasteiger partial charge in [0, 0.05) is 49.3 Å². The number of methoxy groups -OCH3 is 1. The van der Waals surface area contributed by atoms with Crippen LogP contribution in [-0.4, -0.2) is 67.8 Å². The molecule has 2 amide bonds. The lowest BCUT2D eigenvalue weighted by Crippen LogP contribution is -2.39. The van der Waals surface area contributed by atoms with Crippen LogP contribution in [0.5, 0.6) is 5.75 Å². The largest absolute Gasteiger partial charge is 0.496 e. The minimum atomic E-state index is -0.405. The number of hydrogen-bond donors (Lipinski definition) is 2. The molecule has 35 heavy (non-hydrogen) atoms. The van der Waals surface area contributed by atoms with Gasteiger partial charge in [-0.15, -0.1) is 0 Å². The van der Waals surface area contributed by atoms with E-state index in [9.17, 15) is 9.59 Å². The van der Waals surface area contributed by atoms with Crippen LogP contribution < -0.4 is 15.4 Å². The number of carbonyl (C=O) groups is 2. The highest BCUT2D eigenvalue weighted by Crippen LogP contribution is 2.23. The minimum Gasteiger partial charge on any atom is -0.496 e. The first-order valence-electron chi connectivity index (χ1n) is 11.8. The molecule has 0 spiro atoms. The molecule has 2 heterocycles. The summed E-state index contributed by atoms with van der Waals surface area (Å²) in [6.07, 6.45) is 4.49. The molecule has 184 valence electrons. The average Bonchev–Trinajstić information content (AvgIpc) is 3.21. The molecule has 2 N–H and O–H groups in total. The van der Waals surface area contributed by atoms with Gasteiger partial charge in [0.15, 0.2) is 0 Å². The molecule has 0 radical (unpaired) electrons. The highest BCUT2D eigenvalue weighted by Gasteiger charge is 2.18. The molecule has 3 aromatic rings. The molecule has 1 aliphatic heterocycles. The van der Waals surface area contributed by atoms with E-state index in [0.717, 1.165) is 55.7 Å². The Bertz CT molecular complexity index is 1210. The van der Waals surface area contributed by atoms with Gasteiger partial charge in [0.1, 0.15) is 11.4 Å². The Kier molecular flexibility index (Phi) is 8.18. The number of amides is 2. The molecule has 1 saturated heterocycles. The summed E-state index contributed by atoms with van der Waals surface area (Å²) in [6, 6.07) is 14.9. The van der Waals surface area contributed by atoms with Gasteiger partial charge in [-0.3, -0.25) is 14.5 Å². The van der Waals surface area contributed by atoms with Crippen LogP contribution in [0.3, 0.4) is 0 Å². The van der Waals surface area contributed by atoms with Gasteiger partial charge in [-0.2, -0.15) is 0 Å². The second-order valence-electron chi connectivity index (χ2n) is 8.49. The fourth-order valence-electron chi connectivity index (χ4n) is 4.25. The Balaban J connectivity index is 1.53. The van der Waals surface area contributed by atoms with Crippen molar-refractivity contribution in [3.05, 3.63) is 71.6 Å². The Morgan fingerprint density at radius 1 is 1.09 bits per heavy atom. The van der Waals surface area contributed by atoms with Crippen molar-refractivity contribution in [1.29, 1.82) is 0 Å². The number of morpholine rings is 1. The number of carbonyl (C=O) groups excluding carboxylic acids is 2. The van der Waals surface area contributed by atoms with E-state index in [0.29, 0.717) is 17.9 Å². The number of nitrogens with zero attached hydrogens (tertiary/aromatic N) is 2. The number of rotatable bonds is 9. The molecule has 0 aliphatic carbocycles. The van der Waals surface area contributed by atoms with Crippen LogP contribution in [0.15, 0.2) is 60.4 Å². The number of aryl methyl sites for hydroxylation is 1. The monoisotopic (exact) mass is 476 g/mol. The lowest BCUT2D eigenvalue weighted by Gasteiger charge is -2.26. The highest BCUT2D eigenvalue weighted by atomic mass is 16.5. The third-order valence-corrected chi connectivity index (χ3v) is 6.11. The van der Waals surface area contributed by atoms with Crippen molar-refractivity contribution < 1.29 is 19.1 Å². The zero-order chi connectivity index (χ0) is 24.6. The van der Waals surface area contributed by atoms with Crippen LogP contribution in [0.25, 0.3) is 17.0 Å². The van der Waals surface area contributed by atoms with Gasteiger partial charge in [-0.05, 0) is 37.2 Å². The Morgan fingerprint density at radius 2 is 1.83 bits per heavy atom. The Labute approximate surface area is 205 Å². The molecular weight excluding hydrogens is 444 g/mol. The van der Waals surface area contributed by atoms with E-state index in [1.165, 1.54) is 7.11 Å². The fraction of sp³-hybridized carbons (Fsp3) is 0.333. The molecule has 0 saturated carbocycles. The number of hydrogen-bond acceptors (Lipinski definition) is 5. The van der Waals surface area contributed by atoms with Gasteiger partial charge >= 0.3 is 0 Å². The summed E-state index contributed by atoms with van der Waals surface area (Å²) in [5.41, 5.74) is 2.43. The highest BCUT2D eigenvalue weighted by molar-refractivity contribution is 6.07.